The number of nitrogens with zero attached hydrogens (tertiary/aromatic N) is 1. The Kier molecular flexibility index (Phi) is 9.84. The molecule has 1 aliphatic heterocycles. The number of nitrogens with one attached hydrogen (secondary N) is 1. The lowest BCUT2D eigenvalue weighted by molar-refractivity contribution is -0.151. The maximum Gasteiger partial charge on any atom is 0.323 e. The Labute approximate surface area is 210 Å². The van der Waals surface area contributed by atoms with E-state index < -0.39 is 0 Å². The standard InChI is InChI=1S/C28H44N2O5/c1-18(2)15-24(28(34)35-21-7-5-6-8-21)29-12-9-20-10-13-30(14-11-20)27(33)23-16-22(19(3)4)25(31)17-26(23)32/h16-21,24,29,31-32H,5-15H2,1-4H3/t24-/m1/s1. The number of carbonyl (C=O) groups excluding carboxylic acids is 2. The molecular weight excluding hydrogens is 444 g/mol. The number of ether oxygens (including phenoxy) is 1. The Bertz CT molecular complexity index is 855. The summed E-state index contributed by atoms with van der Waals surface area (Å²) < 4.78 is 5.76. The predicted molar refractivity (Wildman–Crippen MR) is 137 cm³/mol. The van der Waals surface area contributed by atoms with Gasteiger partial charge in [0.15, 0.2) is 0 Å². The van der Waals surface area contributed by atoms with Gasteiger partial charge in [-0.2, -0.15) is 0 Å². The van der Waals surface area contributed by atoms with Crippen molar-refractivity contribution in [1.29, 1.82) is 0 Å². The third-order valence-corrected chi connectivity index (χ3v) is 7.42. The van der Waals surface area contributed by atoms with Gasteiger partial charge in [0, 0.05) is 19.2 Å². The van der Waals surface area contributed by atoms with E-state index in [0.717, 1.165) is 57.9 Å². The number of hydrogen-bond donors (Lipinski definition) is 3. The number of esters is 1. The zero-order valence-electron chi connectivity index (χ0n) is 21.9. The van der Waals surface area contributed by atoms with Gasteiger partial charge in [0.05, 0.1) is 5.56 Å². The largest absolute Gasteiger partial charge is 0.508 e. The molecule has 1 atom stereocenters. The molecule has 1 aromatic rings. The number of benzene rings is 1. The van der Waals surface area contributed by atoms with Crippen molar-refractivity contribution in [1.82, 2.24) is 10.2 Å². The number of rotatable bonds is 10. The molecule has 7 nitrogen and oxygen atoms in total. The molecule has 35 heavy (non-hydrogen) atoms. The van der Waals surface area contributed by atoms with Crippen LogP contribution in [0.25, 0.3) is 0 Å². The van der Waals surface area contributed by atoms with Gasteiger partial charge in [-0.1, -0.05) is 27.7 Å². The molecule has 3 rings (SSSR count). The van der Waals surface area contributed by atoms with Crippen LogP contribution >= 0.6 is 0 Å². The van der Waals surface area contributed by atoms with Crippen LogP contribution in [0.15, 0.2) is 12.1 Å². The molecule has 1 heterocycles. The Morgan fingerprint density at radius 3 is 2.29 bits per heavy atom. The fourth-order valence-electron chi connectivity index (χ4n) is 5.27. The van der Waals surface area contributed by atoms with Crippen LogP contribution in [-0.2, 0) is 9.53 Å². The lowest BCUT2D eigenvalue weighted by Gasteiger charge is -2.32. The van der Waals surface area contributed by atoms with Crippen molar-refractivity contribution in [2.45, 2.75) is 97.1 Å². The number of likely N-dealkylation sites (tertiary alicyclic amines) is 1. The maximum absolute atomic E-state index is 13.1. The van der Waals surface area contributed by atoms with Crippen molar-refractivity contribution in [3.05, 3.63) is 23.3 Å². The fourth-order valence-corrected chi connectivity index (χ4v) is 5.27. The highest BCUT2D eigenvalue weighted by molar-refractivity contribution is 5.97. The zero-order valence-corrected chi connectivity index (χ0v) is 21.9. The number of phenolic OH excluding ortho intramolecular Hbond substituents is 2. The van der Waals surface area contributed by atoms with Gasteiger partial charge in [-0.25, -0.2) is 0 Å². The van der Waals surface area contributed by atoms with E-state index in [0.29, 0.717) is 30.5 Å². The third-order valence-electron chi connectivity index (χ3n) is 7.42. The molecule has 0 radical (unpaired) electrons. The van der Waals surface area contributed by atoms with Crippen molar-refractivity contribution in [2.75, 3.05) is 19.6 Å². The average Bonchev–Trinajstić information content (AvgIpc) is 3.31. The molecule has 0 spiro atoms. The van der Waals surface area contributed by atoms with Crippen LogP contribution < -0.4 is 5.32 Å². The van der Waals surface area contributed by atoms with Crippen LogP contribution in [-0.4, -0.2) is 58.8 Å². The average molecular weight is 489 g/mol. The van der Waals surface area contributed by atoms with Crippen LogP contribution in [0, 0.1) is 11.8 Å². The second-order valence-electron chi connectivity index (χ2n) is 11.1. The molecule has 3 N–H and O–H groups in total. The smallest absolute Gasteiger partial charge is 0.323 e. The predicted octanol–water partition coefficient (Wildman–Crippen LogP) is 4.95. The Balaban J connectivity index is 1.47. The monoisotopic (exact) mass is 488 g/mol. The molecule has 196 valence electrons. The molecule has 1 amide bonds. The highest BCUT2D eigenvalue weighted by atomic mass is 16.5. The van der Waals surface area contributed by atoms with Gasteiger partial charge in [-0.15, -0.1) is 0 Å². The Morgan fingerprint density at radius 2 is 1.69 bits per heavy atom. The molecule has 2 fully saturated rings. The molecule has 0 unspecified atom stereocenters. The Morgan fingerprint density at radius 1 is 1.03 bits per heavy atom. The summed E-state index contributed by atoms with van der Waals surface area (Å²) in [5.41, 5.74) is 0.915. The summed E-state index contributed by atoms with van der Waals surface area (Å²) in [5, 5.41) is 23.8. The first-order valence-corrected chi connectivity index (χ1v) is 13.4. The van der Waals surface area contributed by atoms with Gasteiger partial charge in [0.2, 0.25) is 0 Å². The van der Waals surface area contributed by atoms with E-state index >= 15 is 0 Å². The highest BCUT2D eigenvalue weighted by Gasteiger charge is 2.28. The number of phenols is 2. The van der Waals surface area contributed by atoms with Gasteiger partial charge >= 0.3 is 5.97 Å². The first kappa shape index (κ1) is 27.3. The normalized spacial score (nSPS) is 18.4. The van der Waals surface area contributed by atoms with Gasteiger partial charge in [-0.3, -0.25) is 9.59 Å². The van der Waals surface area contributed by atoms with Gasteiger partial charge in [-0.05, 0) is 87.3 Å². The molecular formula is C28H44N2O5. The minimum absolute atomic E-state index is 0.0168. The maximum atomic E-state index is 13.1. The molecule has 7 heteroatoms. The zero-order chi connectivity index (χ0) is 25.5. The van der Waals surface area contributed by atoms with E-state index in [2.05, 4.69) is 19.2 Å². The molecule has 1 aromatic carbocycles. The summed E-state index contributed by atoms with van der Waals surface area (Å²) in [6, 6.07) is 2.63. The molecule has 0 bridgehead atoms. The van der Waals surface area contributed by atoms with Crippen molar-refractivity contribution in [3.63, 3.8) is 0 Å². The first-order valence-electron chi connectivity index (χ1n) is 13.4. The van der Waals surface area contributed by atoms with Gasteiger partial charge < -0.3 is 25.2 Å². The SMILES string of the molecule is CC(C)C[C@@H](NCCC1CCN(C(=O)c2cc(C(C)C)c(O)cc2O)CC1)C(=O)OC1CCCC1. The molecule has 1 aliphatic carbocycles. The number of hydrogen-bond acceptors (Lipinski definition) is 6. The number of aromatic hydroxyl groups is 2. The topological polar surface area (TPSA) is 99.1 Å². The number of piperidine rings is 1. The summed E-state index contributed by atoms with van der Waals surface area (Å²) >= 11 is 0. The first-order chi connectivity index (χ1) is 16.7. The van der Waals surface area contributed by atoms with Crippen molar-refractivity contribution in [3.8, 4) is 11.5 Å². The second kappa shape index (κ2) is 12.6. The number of carbonyl (C=O) groups is 2. The highest BCUT2D eigenvalue weighted by Crippen LogP contribution is 2.33. The molecule has 2 aliphatic rings. The van der Waals surface area contributed by atoms with E-state index in [1.807, 2.05) is 13.8 Å². The number of amides is 1. The van der Waals surface area contributed by atoms with Crippen LogP contribution in [0.2, 0.25) is 0 Å². The van der Waals surface area contributed by atoms with E-state index in [-0.39, 0.29) is 47.0 Å². The van der Waals surface area contributed by atoms with E-state index in [1.54, 1.807) is 11.0 Å². The second-order valence-corrected chi connectivity index (χ2v) is 11.1. The fraction of sp³-hybridized carbons (Fsp3) is 0.714. The minimum atomic E-state index is -0.259. The molecule has 1 saturated carbocycles. The summed E-state index contributed by atoms with van der Waals surface area (Å²) in [4.78, 5) is 27.6. The van der Waals surface area contributed by atoms with Crippen molar-refractivity contribution < 1.29 is 24.5 Å². The van der Waals surface area contributed by atoms with Crippen molar-refractivity contribution >= 4 is 11.9 Å². The van der Waals surface area contributed by atoms with Gasteiger partial charge in [0.1, 0.15) is 23.6 Å². The lowest BCUT2D eigenvalue weighted by atomic mass is 9.92. The van der Waals surface area contributed by atoms with Crippen LogP contribution in [0.5, 0.6) is 11.5 Å². The summed E-state index contributed by atoms with van der Waals surface area (Å²) in [6.07, 6.45) is 7.86. The van der Waals surface area contributed by atoms with Crippen LogP contribution in [0.1, 0.15) is 101 Å². The Hall–Kier alpha value is -2.28. The quantitative estimate of drug-likeness (QED) is 0.403. The minimum Gasteiger partial charge on any atom is -0.508 e. The summed E-state index contributed by atoms with van der Waals surface area (Å²) in [6.45, 7) is 10.2. The van der Waals surface area contributed by atoms with Crippen molar-refractivity contribution in [2.24, 2.45) is 11.8 Å². The lowest BCUT2D eigenvalue weighted by Crippen LogP contribution is -2.42. The summed E-state index contributed by atoms with van der Waals surface area (Å²) in [7, 11) is 0. The third kappa shape index (κ3) is 7.60. The van der Waals surface area contributed by atoms with E-state index in [9.17, 15) is 19.8 Å². The van der Waals surface area contributed by atoms with Gasteiger partial charge in [0.25, 0.3) is 5.91 Å². The van der Waals surface area contributed by atoms with E-state index in [1.165, 1.54) is 6.07 Å². The molecule has 0 aromatic heterocycles. The van der Waals surface area contributed by atoms with E-state index in [4.69, 9.17) is 4.74 Å². The van der Waals surface area contributed by atoms with Crippen LogP contribution in [0.3, 0.4) is 0 Å². The van der Waals surface area contributed by atoms with Crippen LogP contribution in [0.4, 0.5) is 0 Å². The summed E-state index contributed by atoms with van der Waals surface area (Å²) in [5.74, 6) is 0.484. The molecule has 1 saturated heterocycles.